The Kier molecular flexibility index (Phi) is 6.87. The van der Waals surface area contributed by atoms with Crippen molar-refractivity contribution in [2.45, 2.75) is 6.61 Å². The molecule has 4 amide bonds. The van der Waals surface area contributed by atoms with Crippen molar-refractivity contribution < 1.29 is 23.9 Å². The standard InChI is InChI=1S/C31H22N2O5/c1-2-18-37-28-17-12-22-10-6-7-11-25(22)26(28)19-27-29(34)32-31(36)33(30(27)35)23-13-15-24(16-14-23)38-20-21-8-4-3-5-9-21/h1,3-17,19H,18,20H2,(H,32,34,36)/b27-19+. The van der Waals surface area contributed by atoms with Gasteiger partial charge in [0.05, 0.1) is 5.69 Å². The van der Waals surface area contributed by atoms with E-state index in [1.54, 1.807) is 30.3 Å². The summed E-state index contributed by atoms with van der Waals surface area (Å²) in [4.78, 5) is 39.9. The van der Waals surface area contributed by atoms with Crippen LogP contribution < -0.4 is 19.7 Å². The molecular weight excluding hydrogens is 480 g/mol. The summed E-state index contributed by atoms with van der Waals surface area (Å²) >= 11 is 0. The van der Waals surface area contributed by atoms with Crippen LogP contribution in [0.1, 0.15) is 11.1 Å². The number of hydrogen-bond acceptors (Lipinski definition) is 5. The zero-order valence-electron chi connectivity index (χ0n) is 20.2. The Morgan fingerprint density at radius 2 is 1.58 bits per heavy atom. The largest absolute Gasteiger partial charge is 0.489 e. The van der Waals surface area contributed by atoms with Gasteiger partial charge in [-0.15, -0.1) is 6.42 Å². The summed E-state index contributed by atoms with van der Waals surface area (Å²) < 4.78 is 11.5. The fraction of sp³-hybridized carbons (Fsp3) is 0.0645. The molecule has 0 bridgehead atoms. The van der Waals surface area contributed by atoms with Crippen LogP contribution in [-0.2, 0) is 16.2 Å². The second-order valence-corrected chi connectivity index (χ2v) is 8.42. The highest BCUT2D eigenvalue weighted by atomic mass is 16.5. The Labute approximate surface area is 219 Å². The van der Waals surface area contributed by atoms with Crippen molar-refractivity contribution in [1.29, 1.82) is 0 Å². The molecule has 38 heavy (non-hydrogen) atoms. The zero-order chi connectivity index (χ0) is 26.5. The topological polar surface area (TPSA) is 84.9 Å². The average Bonchev–Trinajstić information content (AvgIpc) is 2.94. The fourth-order valence-electron chi connectivity index (χ4n) is 4.14. The maximum Gasteiger partial charge on any atom is 0.335 e. The molecule has 0 aliphatic carbocycles. The number of terminal acetylenes is 1. The third-order valence-corrected chi connectivity index (χ3v) is 5.98. The second-order valence-electron chi connectivity index (χ2n) is 8.42. The number of imide groups is 2. The monoisotopic (exact) mass is 502 g/mol. The lowest BCUT2D eigenvalue weighted by atomic mass is 9.99. The van der Waals surface area contributed by atoms with E-state index in [0.717, 1.165) is 21.2 Å². The molecule has 0 unspecified atom stereocenters. The minimum Gasteiger partial charge on any atom is -0.489 e. The Morgan fingerprint density at radius 3 is 2.34 bits per heavy atom. The molecule has 0 saturated carbocycles. The average molecular weight is 503 g/mol. The third kappa shape index (κ3) is 4.97. The zero-order valence-corrected chi connectivity index (χ0v) is 20.2. The molecule has 186 valence electrons. The van der Waals surface area contributed by atoms with Gasteiger partial charge in [0.2, 0.25) is 0 Å². The van der Waals surface area contributed by atoms with Crippen LogP contribution in [0.15, 0.2) is 96.6 Å². The number of hydrogen-bond donors (Lipinski definition) is 1. The first-order chi connectivity index (χ1) is 18.5. The van der Waals surface area contributed by atoms with Gasteiger partial charge in [0.15, 0.2) is 0 Å². The van der Waals surface area contributed by atoms with Crippen LogP contribution in [0.5, 0.6) is 11.5 Å². The van der Waals surface area contributed by atoms with Crippen LogP contribution in [0.2, 0.25) is 0 Å². The van der Waals surface area contributed by atoms with Gasteiger partial charge in [-0.05, 0) is 52.7 Å². The van der Waals surface area contributed by atoms with E-state index in [1.165, 1.54) is 6.08 Å². The summed E-state index contributed by atoms with van der Waals surface area (Å²) in [5.74, 6) is 1.85. The van der Waals surface area contributed by atoms with E-state index in [1.807, 2.05) is 60.7 Å². The smallest absolute Gasteiger partial charge is 0.335 e. The van der Waals surface area contributed by atoms with Gasteiger partial charge in [-0.2, -0.15) is 0 Å². The van der Waals surface area contributed by atoms with Crippen molar-refractivity contribution in [2.24, 2.45) is 0 Å². The van der Waals surface area contributed by atoms with Gasteiger partial charge in [0.1, 0.15) is 30.3 Å². The number of nitrogens with one attached hydrogen (secondary N) is 1. The molecule has 1 fully saturated rings. The van der Waals surface area contributed by atoms with E-state index in [2.05, 4.69) is 11.2 Å². The van der Waals surface area contributed by atoms with Crippen LogP contribution in [0, 0.1) is 12.3 Å². The molecule has 1 heterocycles. The Hall–Kier alpha value is -5.35. The van der Waals surface area contributed by atoms with Crippen LogP contribution in [0.4, 0.5) is 10.5 Å². The quantitative estimate of drug-likeness (QED) is 0.216. The summed E-state index contributed by atoms with van der Waals surface area (Å²) in [6.07, 6.45) is 6.80. The summed E-state index contributed by atoms with van der Waals surface area (Å²) in [6, 6.07) is 26.4. The first-order valence-corrected chi connectivity index (χ1v) is 11.8. The number of barbiturate groups is 1. The highest BCUT2D eigenvalue weighted by Crippen LogP contribution is 2.32. The molecule has 0 radical (unpaired) electrons. The molecule has 1 aliphatic rings. The van der Waals surface area contributed by atoms with Gasteiger partial charge in [-0.1, -0.05) is 66.6 Å². The lowest BCUT2D eigenvalue weighted by Crippen LogP contribution is -2.54. The molecule has 1 N–H and O–H groups in total. The van der Waals surface area contributed by atoms with Crippen molar-refractivity contribution in [1.82, 2.24) is 5.32 Å². The summed E-state index contributed by atoms with van der Waals surface area (Å²) in [7, 11) is 0. The lowest BCUT2D eigenvalue weighted by molar-refractivity contribution is -0.122. The number of ether oxygens (including phenoxy) is 2. The van der Waals surface area contributed by atoms with E-state index in [0.29, 0.717) is 29.4 Å². The number of rotatable bonds is 7. The molecule has 0 aromatic heterocycles. The second kappa shape index (κ2) is 10.7. The normalized spacial score (nSPS) is 14.3. The summed E-state index contributed by atoms with van der Waals surface area (Å²) in [5, 5.41) is 3.90. The Balaban J connectivity index is 1.46. The summed E-state index contributed by atoms with van der Waals surface area (Å²) in [5.41, 5.74) is 1.60. The number of nitrogens with zero attached hydrogens (tertiary/aromatic N) is 1. The summed E-state index contributed by atoms with van der Waals surface area (Å²) in [6.45, 7) is 0.387. The first-order valence-electron chi connectivity index (χ1n) is 11.8. The van der Waals surface area contributed by atoms with Gasteiger partial charge < -0.3 is 9.47 Å². The van der Waals surface area contributed by atoms with Crippen LogP contribution in [0.25, 0.3) is 16.8 Å². The SMILES string of the molecule is C#CCOc1ccc2ccccc2c1/C=C1\C(=O)NC(=O)N(c2ccc(OCc3ccccc3)cc2)C1=O. The van der Waals surface area contributed by atoms with E-state index >= 15 is 0 Å². The van der Waals surface area contributed by atoms with Crippen molar-refractivity contribution in [2.75, 3.05) is 11.5 Å². The molecule has 4 aromatic carbocycles. The number of carbonyl (C=O) groups is 3. The molecule has 7 heteroatoms. The Morgan fingerprint density at radius 1 is 0.842 bits per heavy atom. The van der Waals surface area contributed by atoms with Gasteiger partial charge >= 0.3 is 6.03 Å². The van der Waals surface area contributed by atoms with Gasteiger partial charge in [-0.3, -0.25) is 14.9 Å². The molecule has 7 nitrogen and oxygen atoms in total. The predicted octanol–water partition coefficient (Wildman–Crippen LogP) is 5.10. The van der Waals surface area contributed by atoms with E-state index in [-0.39, 0.29) is 12.2 Å². The number of amides is 4. The van der Waals surface area contributed by atoms with Gasteiger partial charge in [0, 0.05) is 5.56 Å². The molecular formula is C31H22N2O5. The van der Waals surface area contributed by atoms with Crippen molar-refractivity contribution in [3.63, 3.8) is 0 Å². The van der Waals surface area contributed by atoms with E-state index < -0.39 is 17.8 Å². The maximum absolute atomic E-state index is 13.5. The first kappa shape index (κ1) is 24.3. The van der Waals surface area contributed by atoms with Gasteiger partial charge in [0.25, 0.3) is 11.8 Å². The fourth-order valence-corrected chi connectivity index (χ4v) is 4.14. The highest BCUT2D eigenvalue weighted by molar-refractivity contribution is 6.39. The van der Waals surface area contributed by atoms with Crippen molar-refractivity contribution >= 4 is 40.4 Å². The Bertz CT molecular complexity index is 1600. The van der Waals surface area contributed by atoms with E-state index in [9.17, 15) is 14.4 Å². The molecule has 0 spiro atoms. The van der Waals surface area contributed by atoms with Gasteiger partial charge in [-0.25, -0.2) is 9.69 Å². The number of anilines is 1. The molecule has 1 saturated heterocycles. The third-order valence-electron chi connectivity index (χ3n) is 5.98. The molecule has 4 aromatic rings. The molecule has 1 aliphatic heterocycles. The minimum absolute atomic E-state index is 0.0119. The number of benzene rings is 4. The number of fused-ring (bicyclic) bond motifs is 1. The van der Waals surface area contributed by atoms with Crippen molar-refractivity contribution in [3.8, 4) is 23.8 Å². The molecule has 0 atom stereocenters. The predicted molar refractivity (Wildman–Crippen MR) is 144 cm³/mol. The lowest BCUT2D eigenvalue weighted by Gasteiger charge is -2.26. The maximum atomic E-state index is 13.5. The highest BCUT2D eigenvalue weighted by Gasteiger charge is 2.37. The van der Waals surface area contributed by atoms with Crippen LogP contribution in [-0.4, -0.2) is 24.5 Å². The van der Waals surface area contributed by atoms with Crippen LogP contribution in [0.3, 0.4) is 0 Å². The number of urea groups is 1. The van der Waals surface area contributed by atoms with Crippen molar-refractivity contribution in [3.05, 3.63) is 108 Å². The number of carbonyl (C=O) groups excluding carboxylic acids is 3. The minimum atomic E-state index is -0.836. The van der Waals surface area contributed by atoms with Crippen LogP contribution >= 0.6 is 0 Å². The molecule has 5 rings (SSSR count). The van der Waals surface area contributed by atoms with E-state index in [4.69, 9.17) is 15.9 Å².